The molecule has 0 aliphatic rings. The first kappa shape index (κ1) is 15.0. The van der Waals surface area contributed by atoms with Gasteiger partial charge in [0.25, 0.3) is 0 Å². The van der Waals surface area contributed by atoms with E-state index in [0.717, 1.165) is 11.6 Å². The van der Waals surface area contributed by atoms with Crippen LogP contribution in [0.2, 0.25) is 0 Å². The van der Waals surface area contributed by atoms with Crippen molar-refractivity contribution in [2.75, 3.05) is 5.32 Å². The average Bonchev–Trinajstić information content (AvgIpc) is 2.45. The molecule has 2 aromatic rings. The van der Waals surface area contributed by atoms with Crippen LogP contribution >= 0.6 is 0 Å². The predicted molar refractivity (Wildman–Crippen MR) is 80.9 cm³/mol. The third-order valence-corrected chi connectivity index (χ3v) is 3.29. The second-order valence-electron chi connectivity index (χ2n) is 5.17. The first-order valence-corrected chi connectivity index (χ1v) is 6.74. The lowest BCUT2D eigenvalue weighted by atomic mass is 10.0. The number of anilines is 1. The van der Waals surface area contributed by atoms with Crippen LogP contribution in [-0.2, 0) is 6.54 Å². The van der Waals surface area contributed by atoms with E-state index in [-0.39, 0.29) is 0 Å². The molecule has 0 bridgehead atoms. The van der Waals surface area contributed by atoms with Gasteiger partial charge in [-0.05, 0) is 23.1 Å². The molecule has 0 saturated heterocycles. The fraction of sp³-hybridized carbons (Fsp3) is 0.250. The van der Waals surface area contributed by atoms with Crippen LogP contribution in [0.5, 0.6) is 0 Å². The number of nitro benzene ring substituents is 1. The third-order valence-electron chi connectivity index (χ3n) is 3.29. The van der Waals surface area contributed by atoms with Crippen LogP contribution in [0.25, 0.3) is 0 Å². The zero-order valence-corrected chi connectivity index (χ0v) is 12.0. The van der Waals surface area contributed by atoms with Crippen LogP contribution < -0.4 is 5.32 Å². The van der Waals surface area contributed by atoms with Gasteiger partial charge < -0.3 is 5.32 Å². The summed E-state index contributed by atoms with van der Waals surface area (Å²) in [4.78, 5) is 9.81. The predicted octanol–water partition coefficient (Wildman–Crippen LogP) is 4.47. The molecule has 0 fully saturated rings. The number of benzene rings is 2. The van der Waals surface area contributed by atoms with E-state index in [2.05, 4.69) is 31.3 Å². The normalized spacial score (nSPS) is 10.7. The highest BCUT2D eigenvalue weighted by atomic mass is 19.1. The molecule has 0 unspecified atom stereocenters. The lowest BCUT2D eigenvalue weighted by Crippen LogP contribution is -2.01. The van der Waals surface area contributed by atoms with Crippen molar-refractivity contribution in [3.8, 4) is 0 Å². The summed E-state index contributed by atoms with van der Waals surface area (Å²) in [5, 5.41) is 13.6. The zero-order chi connectivity index (χ0) is 15.4. The minimum absolute atomic E-state index is 0.482. The minimum Gasteiger partial charge on any atom is -0.381 e. The summed E-state index contributed by atoms with van der Waals surface area (Å²) < 4.78 is 13.5. The zero-order valence-electron chi connectivity index (χ0n) is 12.0. The molecule has 2 aromatic carbocycles. The van der Waals surface area contributed by atoms with E-state index in [4.69, 9.17) is 0 Å². The molecule has 1 N–H and O–H groups in total. The average molecular weight is 288 g/mol. The van der Waals surface area contributed by atoms with Crippen molar-refractivity contribution >= 4 is 11.4 Å². The largest absolute Gasteiger partial charge is 0.381 e. The Bertz CT molecular complexity index is 639. The van der Waals surface area contributed by atoms with Crippen molar-refractivity contribution in [3.63, 3.8) is 0 Å². The van der Waals surface area contributed by atoms with Crippen LogP contribution in [0, 0.1) is 15.9 Å². The van der Waals surface area contributed by atoms with Gasteiger partial charge in [-0.25, -0.2) is 0 Å². The van der Waals surface area contributed by atoms with Crippen molar-refractivity contribution in [1.82, 2.24) is 0 Å². The van der Waals surface area contributed by atoms with Gasteiger partial charge in [-0.15, -0.1) is 0 Å². The van der Waals surface area contributed by atoms with Crippen LogP contribution in [-0.4, -0.2) is 4.92 Å². The van der Waals surface area contributed by atoms with E-state index in [1.165, 1.54) is 17.7 Å². The SMILES string of the molecule is CC(C)c1ccc(CNc2ccc([N+](=O)[O-])c(F)c2)cc1. The molecule has 0 aliphatic carbocycles. The number of nitrogens with one attached hydrogen (secondary N) is 1. The second kappa shape index (κ2) is 6.35. The fourth-order valence-corrected chi connectivity index (χ4v) is 1.99. The highest BCUT2D eigenvalue weighted by Gasteiger charge is 2.13. The number of halogens is 1. The van der Waals surface area contributed by atoms with E-state index in [1.807, 2.05) is 12.1 Å². The highest BCUT2D eigenvalue weighted by molar-refractivity contribution is 5.50. The maximum Gasteiger partial charge on any atom is 0.304 e. The van der Waals surface area contributed by atoms with E-state index in [9.17, 15) is 14.5 Å². The molecular formula is C16H17FN2O2. The molecule has 4 nitrogen and oxygen atoms in total. The van der Waals surface area contributed by atoms with Gasteiger partial charge in [0, 0.05) is 24.4 Å². The Morgan fingerprint density at radius 2 is 1.86 bits per heavy atom. The Kier molecular flexibility index (Phi) is 4.52. The maximum atomic E-state index is 13.5. The number of nitrogens with zero attached hydrogens (tertiary/aromatic N) is 1. The van der Waals surface area contributed by atoms with Gasteiger partial charge in [-0.3, -0.25) is 10.1 Å². The number of rotatable bonds is 5. The van der Waals surface area contributed by atoms with E-state index >= 15 is 0 Å². The van der Waals surface area contributed by atoms with Gasteiger partial charge in [0.05, 0.1) is 4.92 Å². The van der Waals surface area contributed by atoms with Gasteiger partial charge in [-0.2, -0.15) is 4.39 Å². The minimum atomic E-state index is -0.833. The van der Waals surface area contributed by atoms with Gasteiger partial charge in [0.15, 0.2) is 0 Å². The standard InChI is InChI=1S/C16H17FN2O2/c1-11(2)13-5-3-12(4-6-13)10-18-14-7-8-16(19(20)21)15(17)9-14/h3-9,11,18H,10H2,1-2H3. The summed E-state index contributed by atoms with van der Waals surface area (Å²) in [5.74, 6) is -0.351. The lowest BCUT2D eigenvalue weighted by molar-refractivity contribution is -0.387. The fourth-order valence-electron chi connectivity index (χ4n) is 1.99. The summed E-state index contributed by atoms with van der Waals surface area (Å²) in [6.45, 7) is 4.80. The van der Waals surface area contributed by atoms with Crippen molar-refractivity contribution < 1.29 is 9.31 Å². The summed E-state index contributed by atoms with van der Waals surface area (Å²) in [5.41, 5.74) is 2.34. The molecule has 0 heterocycles. The van der Waals surface area contributed by atoms with Gasteiger partial charge in [0.2, 0.25) is 5.82 Å². The van der Waals surface area contributed by atoms with Crippen molar-refractivity contribution in [2.45, 2.75) is 26.3 Å². The molecule has 0 amide bonds. The van der Waals surface area contributed by atoms with Crippen molar-refractivity contribution in [2.24, 2.45) is 0 Å². The molecule has 5 heteroatoms. The van der Waals surface area contributed by atoms with Gasteiger partial charge >= 0.3 is 5.69 Å². The molecular weight excluding hydrogens is 271 g/mol. The molecule has 110 valence electrons. The molecule has 0 saturated carbocycles. The Balaban J connectivity index is 2.03. The molecule has 21 heavy (non-hydrogen) atoms. The Morgan fingerprint density at radius 1 is 1.19 bits per heavy atom. The topological polar surface area (TPSA) is 55.2 Å². The van der Waals surface area contributed by atoms with Gasteiger partial charge in [-0.1, -0.05) is 38.1 Å². The second-order valence-corrected chi connectivity index (χ2v) is 5.17. The smallest absolute Gasteiger partial charge is 0.304 e. The van der Waals surface area contributed by atoms with Crippen LogP contribution in [0.1, 0.15) is 30.9 Å². The lowest BCUT2D eigenvalue weighted by Gasteiger charge is -2.09. The van der Waals surface area contributed by atoms with Crippen LogP contribution in [0.3, 0.4) is 0 Å². The summed E-state index contributed by atoms with van der Waals surface area (Å²) in [6, 6.07) is 12.0. The Hall–Kier alpha value is -2.43. The number of hydrogen-bond acceptors (Lipinski definition) is 3. The molecule has 0 aromatic heterocycles. The van der Waals surface area contributed by atoms with Crippen molar-refractivity contribution in [1.29, 1.82) is 0 Å². The highest BCUT2D eigenvalue weighted by Crippen LogP contribution is 2.21. The first-order valence-electron chi connectivity index (χ1n) is 6.74. The van der Waals surface area contributed by atoms with E-state index in [0.29, 0.717) is 18.2 Å². The number of hydrogen-bond donors (Lipinski definition) is 1. The van der Waals surface area contributed by atoms with Crippen molar-refractivity contribution in [3.05, 3.63) is 69.5 Å². The summed E-state index contributed by atoms with van der Waals surface area (Å²) >= 11 is 0. The Labute approximate surface area is 122 Å². The molecule has 0 atom stereocenters. The maximum absolute atomic E-state index is 13.5. The molecule has 0 spiro atoms. The van der Waals surface area contributed by atoms with Gasteiger partial charge in [0.1, 0.15) is 0 Å². The quantitative estimate of drug-likeness (QED) is 0.652. The first-order chi connectivity index (χ1) is 9.97. The van der Waals surface area contributed by atoms with Crippen LogP contribution in [0.4, 0.5) is 15.8 Å². The summed E-state index contributed by atoms with van der Waals surface area (Å²) in [7, 11) is 0. The van der Waals surface area contributed by atoms with E-state index < -0.39 is 16.4 Å². The molecule has 2 rings (SSSR count). The molecule has 0 aliphatic heterocycles. The van der Waals surface area contributed by atoms with Crippen LogP contribution in [0.15, 0.2) is 42.5 Å². The summed E-state index contributed by atoms with van der Waals surface area (Å²) in [6.07, 6.45) is 0. The van der Waals surface area contributed by atoms with E-state index in [1.54, 1.807) is 0 Å². The molecule has 0 radical (unpaired) electrons. The monoisotopic (exact) mass is 288 g/mol. The Morgan fingerprint density at radius 3 is 2.38 bits per heavy atom. The third kappa shape index (κ3) is 3.78. The number of nitro groups is 1.